The van der Waals surface area contributed by atoms with E-state index in [1.165, 1.54) is 10.4 Å². The van der Waals surface area contributed by atoms with Gasteiger partial charge in [-0.1, -0.05) is 38.1 Å². The summed E-state index contributed by atoms with van der Waals surface area (Å²) < 4.78 is 26.9. The Balaban J connectivity index is 1.72. The number of benzene rings is 2. The van der Waals surface area contributed by atoms with Gasteiger partial charge in [0.2, 0.25) is 10.0 Å². The Bertz CT molecular complexity index is 904. The first-order valence-corrected chi connectivity index (χ1v) is 11.1. The van der Waals surface area contributed by atoms with Crippen LogP contribution in [0, 0.1) is 0 Å². The van der Waals surface area contributed by atoms with Crippen LogP contribution in [0.5, 0.6) is 0 Å². The van der Waals surface area contributed by atoms with Crippen LogP contribution in [0.4, 0.5) is 5.69 Å². The summed E-state index contributed by atoms with van der Waals surface area (Å²) in [5, 5.41) is 0. The van der Waals surface area contributed by atoms with Gasteiger partial charge in [0.1, 0.15) is 0 Å². The highest BCUT2D eigenvalue weighted by atomic mass is 32.2. The Hall–Kier alpha value is -2.38. The lowest BCUT2D eigenvalue weighted by Crippen LogP contribution is -2.48. The van der Waals surface area contributed by atoms with Crippen LogP contribution < -0.4 is 4.90 Å². The fraction of sp³-hybridized carbons (Fsp3) is 0.381. The van der Waals surface area contributed by atoms with Gasteiger partial charge in [-0.2, -0.15) is 4.31 Å². The molecule has 28 heavy (non-hydrogen) atoms. The van der Waals surface area contributed by atoms with Gasteiger partial charge in [-0.25, -0.2) is 8.42 Å². The quantitative estimate of drug-likeness (QED) is 0.747. The minimum Gasteiger partial charge on any atom is -0.368 e. The molecule has 0 saturated carbocycles. The molecule has 2 aromatic carbocycles. The molecule has 6 nitrogen and oxygen atoms in total. The van der Waals surface area contributed by atoms with Crippen molar-refractivity contribution in [2.45, 2.75) is 18.7 Å². The van der Waals surface area contributed by atoms with Gasteiger partial charge >= 0.3 is 0 Å². The van der Waals surface area contributed by atoms with Gasteiger partial charge in [-0.15, -0.1) is 0 Å². The van der Waals surface area contributed by atoms with E-state index < -0.39 is 10.0 Å². The predicted molar refractivity (Wildman–Crippen MR) is 111 cm³/mol. The van der Waals surface area contributed by atoms with Crippen molar-refractivity contribution < 1.29 is 13.2 Å². The Morgan fingerprint density at radius 2 is 1.57 bits per heavy atom. The number of anilines is 1. The summed E-state index contributed by atoms with van der Waals surface area (Å²) in [5.74, 6) is -0.121. The molecule has 0 radical (unpaired) electrons. The van der Waals surface area contributed by atoms with Crippen molar-refractivity contribution in [1.82, 2.24) is 9.21 Å². The molecule has 1 fully saturated rings. The van der Waals surface area contributed by atoms with Gasteiger partial charge in [-0.05, 0) is 30.3 Å². The van der Waals surface area contributed by atoms with Crippen molar-refractivity contribution in [2.75, 3.05) is 44.2 Å². The van der Waals surface area contributed by atoms with Crippen molar-refractivity contribution in [3.05, 3.63) is 60.2 Å². The molecule has 1 heterocycles. The van der Waals surface area contributed by atoms with Crippen molar-refractivity contribution >= 4 is 21.6 Å². The topological polar surface area (TPSA) is 60.9 Å². The van der Waals surface area contributed by atoms with Crippen LogP contribution in [-0.2, 0) is 10.0 Å². The molecule has 7 heteroatoms. The average Bonchev–Trinajstić information content (AvgIpc) is 2.75. The monoisotopic (exact) mass is 401 g/mol. The highest BCUT2D eigenvalue weighted by Crippen LogP contribution is 2.20. The number of amides is 1. The molecular formula is C21H27N3O3S. The molecule has 0 unspecified atom stereocenters. The normalized spacial score (nSPS) is 15.1. The summed E-state index contributed by atoms with van der Waals surface area (Å²) in [4.78, 5) is 17.2. The van der Waals surface area contributed by atoms with Crippen molar-refractivity contribution in [3.8, 4) is 0 Å². The first-order valence-electron chi connectivity index (χ1n) is 9.67. The predicted octanol–water partition coefficient (Wildman–Crippen LogP) is 2.68. The average molecular weight is 402 g/mol. The Morgan fingerprint density at radius 3 is 2.18 bits per heavy atom. The van der Waals surface area contributed by atoms with Crippen LogP contribution >= 0.6 is 0 Å². The molecule has 3 rings (SSSR count). The molecule has 1 amide bonds. The van der Waals surface area contributed by atoms with Crippen LogP contribution in [0.25, 0.3) is 0 Å². The highest BCUT2D eigenvalue weighted by Gasteiger charge is 2.25. The summed E-state index contributed by atoms with van der Waals surface area (Å²) in [5.41, 5.74) is 1.57. The molecule has 1 saturated heterocycles. The second kappa shape index (κ2) is 8.75. The molecule has 0 aliphatic carbocycles. The van der Waals surface area contributed by atoms with Crippen molar-refractivity contribution in [2.24, 2.45) is 0 Å². The zero-order valence-electron chi connectivity index (χ0n) is 16.4. The lowest BCUT2D eigenvalue weighted by molar-refractivity contribution is 0.0746. The molecular weight excluding hydrogens is 374 g/mol. The van der Waals surface area contributed by atoms with Gasteiger partial charge in [0.05, 0.1) is 4.90 Å². The minimum absolute atomic E-state index is 0.121. The lowest BCUT2D eigenvalue weighted by atomic mass is 10.1. The van der Waals surface area contributed by atoms with E-state index in [-0.39, 0.29) is 10.8 Å². The number of sulfonamides is 1. The van der Waals surface area contributed by atoms with Crippen molar-refractivity contribution in [3.63, 3.8) is 0 Å². The van der Waals surface area contributed by atoms with Gasteiger partial charge in [-0.3, -0.25) is 4.79 Å². The maximum Gasteiger partial charge on any atom is 0.254 e. The van der Waals surface area contributed by atoms with Crippen LogP contribution in [0.1, 0.15) is 24.2 Å². The largest absolute Gasteiger partial charge is 0.368 e. The van der Waals surface area contributed by atoms with Crippen molar-refractivity contribution in [1.29, 1.82) is 0 Å². The highest BCUT2D eigenvalue weighted by molar-refractivity contribution is 7.89. The molecule has 0 aromatic heterocycles. The molecule has 150 valence electrons. The third-order valence-electron chi connectivity index (χ3n) is 5.11. The summed E-state index contributed by atoms with van der Waals surface area (Å²) in [6.07, 6.45) is 0. The number of carbonyl (C=O) groups excluding carboxylic acids is 1. The van der Waals surface area contributed by atoms with Gasteiger partial charge < -0.3 is 9.80 Å². The summed E-state index contributed by atoms with van der Waals surface area (Å²) in [7, 11) is -3.58. The summed E-state index contributed by atoms with van der Waals surface area (Å²) in [6, 6.07) is 16.5. The Kier molecular flexibility index (Phi) is 6.36. The van der Waals surface area contributed by atoms with Crippen LogP contribution in [-0.4, -0.2) is 62.8 Å². The smallest absolute Gasteiger partial charge is 0.254 e. The third kappa shape index (κ3) is 4.20. The van der Waals surface area contributed by atoms with Gasteiger partial charge in [0.15, 0.2) is 0 Å². The zero-order valence-corrected chi connectivity index (χ0v) is 17.2. The number of para-hydroxylation sites is 1. The Morgan fingerprint density at radius 1 is 0.929 bits per heavy atom. The van der Waals surface area contributed by atoms with Crippen LogP contribution in [0.15, 0.2) is 59.5 Å². The minimum atomic E-state index is -3.58. The zero-order chi connectivity index (χ0) is 20.1. The molecule has 1 aliphatic heterocycles. The maximum absolute atomic E-state index is 12.9. The molecule has 0 bridgehead atoms. The second-order valence-electron chi connectivity index (χ2n) is 6.73. The van der Waals surface area contributed by atoms with Gasteiger partial charge in [0, 0.05) is 50.5 Å². The van der Waals surface area contributed by atoms with E-state index in [1.807, 2.05) is 32.0 Å². The van der Waals surface area contributed by atoms with E-state index in [0.717, 1.165) is 18.8 Å². The first-order chi connectivity index (χ1) is 13.5. The Labute approximate surface area is 167 Å². The van der Waals surface area contributed by atoms with Crippen LogP contribution in [0.2, 0.25) is 0 Å². The van der Waals surface area contributed by atoms with Crippen LogP contribution in [0.3, 0.4) is 0 Å². The van der Waals surface area contributed by atoms with E-state index in [9.17, 15) is 13.2 Å². The lowest BCUT2D eigenvalue weighted by Gasteiger charge is -2.36. The standard InChI is InChI=1S/C21H27N3O3S/c1-3-24(4-2)28(26,27)20-12-8-9-18(17-20)21(25)23-15-13-22(14-16-23)19-10-6-5-7-11-19/h5-12,17H,3-4,13-16H2,1-2H3. The number of rotatable bonds is 6. The molecule has 1 aliphatic rings. The fourth-order valence-electron chi connectivity index (χ4n) is 3.49. The number of carbonyl (C=O) groups is 1. The van der Waals surface area contributed by atoms with E-state index >= 15 is 0 Å². The third-order valence-corrected chi connectivity index (χ3v) is 7.16. The van der Waals surface area contributed by atoms with E-state index in [2.05, 4.69) is 17.0 Å². The van der Waals surface area contributed by atoms with Gasteiger partial charge in [0.25, 0.3) is 5.91 Å². The number of piperazine rings is 1. The molecule has 0 atom stereocenters. The van der Waals surface area contributed by atoms with E-state index in [0.29, 0.717) is 31.7 Å². The van der Waals surface area contributed by atoms with E-state index in [1.54, 1.807) is 23.1 Å². The second-order valence-corrected chi connectivity index (χ2v) is 8.67. The number of hydrogen-bond donors (Lipinski definition) is 0. The number of nitrogens with zero attached hydrogens (tertiary/aromatic N) is 3. The molecule has 0 spiro atoms. The number of hydrogen-bond acceptors (Lipinski definition) is 4. The first kappa shape index (κ1) is 20.4. The molecule has 2 aromatic rings. The van der Waals surface area contributed by atoms with E-state index in [4.69, 9.17) is 0 Å². The maximum atomic E-state index is 12.9. The SMILES string of the molecule is CCN(CC)S(=O)(=O)c1cccc(C(=O)N2CCN(c3ccccc3)CC2)c1. The molecule has 0 N–H and O–H groups in total. The summed E-state index contributed by atoms with van der Waals surface area (Å²) >= 11 is 0. The fourth-order valence-corrected chi connectivity index (χ4v) is 5.00. The summed E-state index contributed by atoms with van der Waals surface area (Å²) in [6.45, 7) is 7.16.